The maximum atomic E-state index is 10.7. The predicted octanol–water partition coefficient (Wildman–Crippen LogP) is 1.75. The van der Waals surface area contributed by atoms with Crippen LogP contribution in [-0.4, -0.2) is 25.8 Å². The molecule has 3 heteroatoms. The summed E-state index contributed by atoms with van der Waals surface area (Å²) in [4.78, 5) is 10.7. The fraction of sp³-hybridized carbons (Fsp3) is 0.889. The van der Waals surface area contributed by atoms with Gasteiger partial charge in [0.1, 0.15) is 0 Å². The molecular formula is C9H18O3. The van der Waals surface area contributed by atoms with Gasteiger partial charge in [-0.25, -0.2) is 0 Å². The molecule has 0 aliphatic heterocycles. The Morgan fingerprint density at radius 1 is 1.42 bits per heavy atom. The van der Waals surface area contributed by atoms with Gasteiger partial charge in [-0.15, -0.1) is 0 Å². The van der Waals surface area contributed by atoms with Crippen molar-refractivity contribution < 1.29 is 14.3 Å². The number of methoxy groups -OCH3 is 1. The van der Waals surface area contributed by atoms with Crippen LogP contribution in [0.15, 0.2) is 0 Å². The van der Waals surface area contributed by atoms with Crippen LogP contribution < -0.4 is 0 Å². The quantitative estimate of drug-likeness (QED) is 0.575. The van der Waals surface area contributed by atoms with E-state index in [1.165, 1.54) is 0 Å². The zero-order chi connectivity index (χ0) is 9.40. The molecular weight excluding hydrogens is 156 g/mol. The normalized spacial score (nSPS) is 12.6. The van der Waals surface area contributed by atoms with Crippen molar-refractivity contribution in [2.75, 3.05) is 13.7 Å². The summed E-state index contributed by atoms with van der Waals surface area (Å²) in [6, 6.07) is 0. The third-order valence-electron chi connectivity index (χ3n) is 1.78. The van der Waals surface area contributed by atoms with E-state index in [-0.39, 0.29) is 12.1 Å². The molecule has 0 aromatic heterocycles. The van der Waals surface area contributed by atoms with Gasteiger partial charge < -0.3 is 9.47 Å². The van der Waals surface area contributed by atoms with Crippen molar-refractivity contribution in [2.24, 2.45) is 0 Å². The minimum atomic E-state index is -0.138. The molecule has 0 spiro atoms. The second-order valence-corrected chi connectivity index (χ2v) is 2.63. The molecule has 0 fully saturated rings. The zero-order valence-corrected chi connectivity index (χ0v) is 8.13. The maximum Gasteiger partial charge on any atom is 0.305 e. The molecule has 0 aromatic rings. The van der Waals surface area contributed by atoms with E-state index in [2.05, 4.69) is 6.92 Å². The Morgan fingerprint density at radius 2 is 2.08 bits per heavy atom. The van der Waals surface area contributed by atoms with Crippen LogP contribution >= 0.6 is 0 Å². The molecule has 0 saturated heterocycles. The van der Waals surface area contributed by atoms with E-state index in [1.807, 2.05) is 0 Å². The fourth-order valence-electron chi connectivity index (χ4n) is 0.895. The highest BCUT2D eigenvalue weighted by Gasteiger charge is 2.05. The Balaban J connectivity index is 3.34. The van der Waals surface area contributed by atoms with Crippen LogP contribution in [0.1, 0.15) is 33.1 Å². The first-order valence-corrected chi connectivity index (χ1v) is 4.43. The summed E-state index contributed by atoms with van der Waals surface area (Å²) in [6.45, 7) is 4.31. The van der Waals surface area contributed by atoms with Gasteiger partial charge in [0.05, 0.1) is 12.7 Å². The summed E-state index contributed by atoms with van der Waals surface area (Å²) in [5, 5.41) is 0. The summed E-state index contributed by atoms with van der Waals surface area (Å²) in [7, 11) is 1.68. The number of ether oxygens (including phenoxy) is 2. The number of rotatable bonds is 6. The molecule has 1 unspecified atom stereocenters. The van der Waals surface area contributed by atoms with Crippen molar-refractivity contribution in [3.05, 3.63) is 0 Å². The van der Waals surface area contributed by atoms with Crippen molar-refractivity contribution in [1.29, 1.82) is 0 Å². The van der Waals surface area contributed by atoms with Crippen molar-refractivity contribution in [2.45, 2.75) is 39.2 Å². The van der Waals surface area contributed by atoms with Gasteiger partial charge in [0.15, 0.2) is 0 Å². The Labute approximate surface area is 74.0 Å². The van der Waals surface area contributed by atoms with E-state index in [4.69, 9.17) is 9.47 Å². The summed E-state index contributed by atoms with van der Waals surface area (Å²) >= 11 is 0. The third kappa shape index (κ3) is 5.13. The molecule has 0 heterocycles. The van der Waals surface area contributed by atoms with Crippen LogP contribution in [0.2, 0.25) is 0 Å². The van der Waals surface area contributed by atoms with Gasteiger partial charge in [-0.1, -0.05) is 13.8 Å². The second kappa shape index (κ2) is 7.10. The molecule has 1 atom stereocenters. The van der Waals surface area contributed by atoms with Crippen LogP contribution in [0.5, 0.6) is 0 Å². The molecule has 0 aliphatic carbocycles. The number of hydrogen-bond donors (Lipinski definition) is 0. The average molecular weight is 174 g/mol. The lowest BCUT2D eigenvalue weighted by Crippen LogP contribution is -2.14. The fourth-order valence-corrected chi connectivity index (χ4v) is 0.895. The second-order valence-electron chi connectivity index (χ2n) is 2.63. The predicted molar refractivity (Wildman–Crippen MR) is 47.0 cm³/mol. The summed E-state index contributed by atoms with van der Waals surface area (Å²) in [6.07, 6.45) is 2.41. The van der Waals surface area contributed by atoms with Crippen molar-refractivity contribution in [3.63, 3.8) is 0 Å². The van der Waals surface area contributed by atoms with Crippen LogP contribution in [0.4, 0.5) is 0 Å². The van der Waals surface area contributed by atoms with Crippen LogP contribution in [0.25, 0.3) is 0 Å². The van der Waals surface area contributed by atoms with E-state index in [1.54, 1.807) is 14.0 Å². The maximum absolute atomic E-state index is 10.7. The molecule has 0 aromatic carbocycles. The molecule has 72 valence electrons. The smallest absolute Gasteiger partial charge is 0.305 e. The number of hydrogen-bond acceptors (Lipinski definition) is 3. The first kappa shape index (κ1) is 11.4. The van der Waals surface area contributed by atoms with E-state index in [0.717, 1.165) is 12.8 Å². The molecule has 3 nitrogen and oxygen atoms in total. The summed E-state index contributed by atoms with van der Waals surface area (Å²) < 4.78 is 10.0. The lowest BCUT2D eigenvalue weighted by molar-refractivity contribution is -0.144. The van der Waals surface area contributed by atoms with Crippen LogP contribution in [0.3, 0.4) is 0 Å². The molecule has 0 aliphatic rings. The molecule has 0 bridgehead atoms. The van der Waals surface area contributed by atoms with Gasteiger partial charge in [-0.3, -0.25) is 4.79 Å². The summed E-state index contributed by atoms with van der Waals surface area (Å²) in [5.41, 5.74) is 0. The highest BCUT2D eigenvalue weighted by Crippen LogP contribution is 2.02. The lowest BCUT2D eigenvalue weighted by Gasteiger charge is -2.12. The first-order chi connectivity index (χ1) is 5.74. The number of esters is 1. The van der Waals surface area contributed by atoms with Gasteiger partial charge in [0, 0.05) is 20.0 Å². The monoisotopic (exact) mass is 174 g/mol. The van der Waals surface area contributed by atoms with Gasteiger partial charge >= 0.3 is 5.97 Å². The molecule has 12 heavy (non-hydrogen) atoms. The Morgan fingerprint density at radius 3 is 2.50 bits per heavy atom. The number of carbonyl (C=O) groups is 1. The van der Waals surface area contributed by atoms with Gasteiger partial charge in [-0.05, 0) is 6.42 Å². The van der Waals surface area contributed by atoms with Crippen LogP contribution in [-0.2, 0) is 14.3 Å². The highest BCUT2D eigenvalue weighted by molar-refractivity contribution is 5.68. The van der Waals surface area contributed by atoms with Gasteiger partial charge in [-0.2, -0.15) is 0 Å². The molecule has 0 saturated carbocycles. The number of carbonyl (C=O) groups excluding carboxylic acids is 1. The Bertz CT molecular complexity index is 119. The third-order valence-corrected chi connectivity index (χ3v) is 1.78. The van der Waals surface area contributed by atoms with E-state index >= 15 is 0 Å². The molecule has 0 N–H and O–H groups in total. The van der Waals surface area contributed by atoms with Crippen molar-refractivity contribution >= 4 is 5.97 Å². The average Bonchev–Trinajstić information content (AvgIpc) is 2.12. The SMILES string of the molecule is CCC(=O)OCCC(CC)OC. The Hall–Kier alpha value is -0.570. The van der Waals surface area contributed by atoms with Crippen molar-refractivity contribution in [1.82, 2.24) is 0 Å². The van der Waals surface area contributed by atoms with Crippen molar-refractivity contribution in [3.8, 4) is 0 Å². The summed E-state index contributed by atoms with van der Waals surface area (Å²) in [5.74, 6) is -0.138. The van der Waals surface area contributed by atoms with E-state index < -0.39 is 0 Å². The molecule has 0 amide bonds. The van der Waals surface area contributed by atoms with E-state index in [9.17, 15) is 4.79 Å². The Kier molecular flexibility index (Phi) is 6.76. The minimum absolute atomic E-state index is 0.138. The van der Waals surface area contributed by atoms with Crippen LogP contribution in [0, 0.1) is 0 Å². The molecule has 0 rings (SSSR count). The lowest BCUT2D eigenvalue weighted by atomic mass is 10.2. The van der Waals surface area contributed by atoms with E-state index in [0.29, 0.717) is 13.0 Å². The molecule has 0 radical (unpaired) electrons. The zero-order valence-electron chi connectivity index (χ0n) is 8.13. The van der Waals surface area contributed by atoms with Gasteiger partial charge in [0.2, 0.25) is 0 Å². The highest BCUT2D eigenvalue weighted by atomic mass is 16.5. The topological polar surface area (TPSA) is 35.5 Å². The van der Waals surface area contributed by atoms with Gasteiger partial charge in [0.25, 0.3) is 0 Å². The largest absolute Gasteiger partial charge is 0.466 e. The minimum Gasteiger partial charge on any atom is -0.466 e. The first-order valence-electron chi connectivity index (χ1n) is 4.43. The standard InChI is InChI=1S/C9H18O3/c1-4-8(11-3)6-7-12-9(10)5-2/h8H,4-7H2,1-3H3.